The molecule has 138 valence electrons. The molecule has 0 aromatic heterocycles. The van der Waals surface area contributed by atoms with Crippen molar-refractivity contribution in [2.75, 3.05) is 32.8 Å². The van der Waals surface area contributed by atoms with Crippen molar-refractivity contribution >= 4 is 24.2 Å². The molecule has 0 spiro atoms. The molecule has 1 aromatic rings. The molecule has 7 heteroatoms. The predicted molar refractivity (Wildman–Crippen MR) is 97.6 cm³/mol. The van der Waals surface area contributed by atoms with E-state index in [0.29, 0.717) is 32.6 Å². The number of rotatable bonds is 6. The minimum atomic E-state index is -0.176. The van der Waals surface area contributed by atoms with E-state index in [-0.39, 0.29) is 36.3 Å². The van der Waals surface area contributed by atoms with Gasteiger partial charge >= 0.3 is 0 Å². The number of ether oxygens (including phenoxy) is 1. The molecule has 6 nitrogen and oxygen atoms in total. The van der Waals surface area contributed by atoms with E-state index < -0.39 is 0 Å². The molecule has 2 unspecified atom stereocenters. The summed E-state index contributed by atoms with van der Waals surface area (Å²) in [6.45, 7) is 3.34. The Bertz CT molecular complexity index is 564. The lowest BCUT2D eigenvalue weighted by Gasteiger charge is -2.27. The van der Waals surface area contributed by atoms with Crippen LogP contribution in [0.1, 0.15) is 30.9 Å². The summed E-state index contributed by atoms with van der Waals surface area (Å²) in [6.07, 6.45) is 1.90. The first kappa shape index (κ1) is 19.7. The monoisotopic (exact) mass is 367 g/mol. The van der Waals surface area contributed by atoms with Gasteiger partial charge in [-0.25, -0.2) is 0 Å². The molecule has 0 bridgehead atoms. The smallest absolute Gasteiger partial charge is 0.222 e. The Hall–Kier alpha value is -1.63. The van der Waals surface area contributed by atoms with E-state index in [2.05, 4.69) is 10.6 Å². The number of hydrogen-bond donors (Lipinski definition) is 2. The Kier molecular flexibility index (Phi) is 7.68. The second kappa shape index (κ2) is 9.75. The standard InChI is InChI=1S/C18H25N3O3.ClH/c22-17(11-15-13-24-10-8-19-15)20-16(14-5-2-1-3-6-14)12-21-9-4-7-18(21)23;/h1-3,5-6,15-16,19H,4,7-13H2,(H,20,22);1H. The van der Waals surface area contributed by atoms with Crippen LogP contribution in [0.15, 0.2) is 30.3 Å². The predicted octanol–water partition coefficient (Wildman–Crippen LogP) is 1.27. The molecule has 2 fully saturated rings. The molecule has 2 aliphatic heterocycles. The van der Waals surface area contributed by atoms with Crippen LogP contribution in [-0.2, 0) is 14.3 Å². The summed E-state index contributed by atoms with van der Waals surface area (Å²) in [5.74, 6) is 0.158. The highest BCUT2D eigenvalue weighted by molar-refractivity contribution is 5.85. The molecule has 2 saturated heterocycles. The fourth-order valence-electron chi connectivity index (χ4n) is 3.27. The molecule has 3 rings (SSSR count). The van der Waals surface area contributed by atoms with Crippen LogP contribution in [0, 0.1) is 0 Å². The number of carbonyl (C=O) groups is 2. The Morgan fingerprint density at radius 3 is 2.80 bits per heavy atom. The van der Waals surface area contributed by atoms with E-state index in [1.807, 2.05) is 35.2 Å². The molecule has 2 heterocycles. The van der Waals surface area contributed by atoms with Gasteiger partial charge in [-0.2, -0.15) is 0 Å². The van der Waals surface area contributed by atoms with Crippen LogP contribution in [0.3, 0.4) is 0 Å². The fraction of sp³-hybridized carbons (Fsp3) is 0.556. The van der Waals surface area contributed by atoms with Gasteiger partial charge in [-0.3, -0.25) is 9.59 Å². The number of morpholine rings is 1. The Balaban J connectivity index is 0.00000225. The summed E-state index contributed by atoms with van der Waals surface area (Å²) in [5, 5.41) is 6.39. The number of hydrogen-bond acceptors (Lipinski definition) is 4. The number of carbonyl (C=O) groups excluding carboxylic acids is 2. The average Bonchev–Trinajstić information content (AvgIpc) is 3.01. The molecular weight excluding hydrogens is 342 g/mol. The van der Waals surface area contributed by atoms with Gasteiger partial charge in [0.2, 0.25) is 11.8 Å². The van der Waals surface area contributed by atoms with Crippen molar-refractivity contribution in [3.05, 3.63) is 35.9 Å². The molecule has 25 heavy (non-hydrogen) atoms. The number of likely N-dealkylation sites (tertiary alicyclic amines) is 1. The third kappa shape index (κ3) is 5.70. The molecule has 2 atom stereocenters. The van der Waals surface area contributed by atoms with Gasteiger partial charge in [0.05, 0.1) is 19.3 Å². The van der Waals surface area contributed by atoms with E-state index >= 15 is 0 Å². The van der Waals surface area contributed by atoms with Gasteiger partial charge in [0.15, 0.2) is 0 Å². The molecule has 0 radical (unpaired) electrons. The Morgan fingerprint density at radius 1 is 1.36 bits per heavy atom. The second-order valence-electron chi connectivity index (χ2n) is 6.40. The van der Waals surface area contributed by atoms with E-state index in [1.165, 1.54) is 0 Å². The first-order valence-electron chi connectivity index (χ1n) is 8.65. The SMILES string of the molecule is Cl.O=C(CC1COCCN1)NC(CN1CCCC1=O)c1ccccc1. The van der Waals surface area contributed by atoms with Gasteiger partial charge in [0.1, 0.15) is 0 Å². The summed E-state index contributed by atoms with van der Waals surface area (Å²) in [4.78, 5) is 26.2. The molecule has 0 aliphatic carbocycles. The number of benzene rings is 1. The zero-order valence-corrected chi connectivity index (χ0v) is 15.1. The van der Waals surface area contributed by atoms with Gasteiger partial charge < -0.3 is 20.3 Å². The van der Waals surface area contributed by atoms with Crippen LogP contribution in [0.25, 0.3) is 0 Å². The number of amides is 2. The molecule has 2 N–H and O–H groups in total. The molecule has 0 saturated carbocycles. The molecule has 2 aliphatic rings. The summed E-state index contributed by atoms with van der Waals surface area (Å²) in [6, 6.07) is 9.73. The normalized spacial score (nSPS) is 21.5. The average molecular weight is 368 g/mol. The van der Waals surface area contributed by atoms with Gasteiger partial charge in [0.25, 0.3) is 0 Å². The summed E-state index contributed by atoms with van der Waals surface area (Å²) < 4.78 is 5.40. The number of halogens is 1. The zero-order valence-electron chi connectivity index (χ0n) is 14.3. The van der Waals surface area contributed by atoms with Crippen molar-refractivity contribution in [3.63, 3.8) is 0 Å². The van der Waals surface area contributed by atoms with E-state index in [4.69, 9.17) is 4.74 Å². The van der Waals surface area contributed by atoms with Crippen LogP contribution < -0.4 is 10.6 Å². The summed E-state index contributed by atoms with van der Waals surface area (Å²) in [5.41, 5.74) is 1.03. The zero-order chi connectivity index (χ0) is 16.8. The second-order valence-corrected chi connectivity index (χ2v) is 6.40. The third-order valence-corrected chi connectivity index (χ3v) is 4.54. The van der Waals surface area contributed by atoms with Gasteiger partial charge in [-0.1, -0.05) is 30.3 Å². The maximum Gasteiger partial charge on any atom is 0.222 e. The minimum absolute atomic E-state index is 0. The Morgan fingerprint density at radius 2 is 2.16 bits per heavy atom. The van der Waals surface area contributed by atoms with Gasteiger partial charge in [-0.15, -0.1) is 12.4 Å². The lowest BCUT2D eigenvalue weighted by atomic mass is 10.1. The maximum atomic E-state index is 12.4. The minimum Gasteiger partial charge on any atom is -0.378 e. The van der Waals surface area contributed by atoms with Gasteiger partial charge in [-0.05, 0) is 12.0 Å². The topological polar surface area (TPSA) is 70.7 Å². The van der Waals surface area contributed by atoms with Crippen molar-refractivity contribution < 1.29 is 14.3 Å². The van der Waals surface area contributed by atoms with Crippen LogP contribution in [0.4, 0.5) is 0 Å². The van der Waals surface area contributed by atoms with Crippen LogP contribution >= 0.6 is 12.4 Å². The first-order valence-corrected chi connectivity index (χ1v) is 8.65. The molecule has 2 amide bonds. The van der Waals surface area contributed by atoms with E-state index in [1.54, 1.807) is 0 Å². The van der Waals surface area contributed by atoms with Crippen molar-refractivity contribution in [1.82, 2.24) is 15.5 Å². The highest BCUT2D eigenvalue weighted by atomic mass is 35.5. The van der Waals surface area contributed by atoms with Crippen molar-refractivity contribution in [3.8, 4) is 0 Å². The lowest BCUT2D eigenvalue weighted by molar-refractivity contribution is -0.129. The largest absolute Gasteiger partial charge is 0.378 e. The fourth-order valence-corrected chi connectivity index (χ4v) is 3.27. The summed E-state index contributed by atoms with van der Waals surface area (Å²) >= 11 is 0. The lowest BCUT2D eigenvalue weighted by Crippen LogP contribution is -2.45. The van der Waals surface area contributed by atoms with Crippen molar-refractivity contribution in [2.45, 2.75) is 31.3 Å². The third-order valence-electron chi connectivity index (χ3n) is 4.54. The first-order chi connectivity index (χ1) is 11.7. The number of nitrogens with one attached hydrogen (secondary N) is 2. The summed E-state index contributed by atoms with van der Waals surface area (Å²) in [7, 11) is 0. The van der Waals surface area contributed by atoms with E-state index in [9.17, 15) is 9.59 Å². The quantitative estimate of drug-likeness (QED) is 0.794. The molecule has 1 aromatic carbocycles. The van der Waals surface area contributed by atoms with Crippen LogP contribution in [0.5, 0.6) is 0 Å². The van der Waals surface area contributed by atoms with Crippen LogP contribution in [0.2, 0.25) is 0 Å². The highest BCUT2D eigenvalue weighted by Gasteiger charge is 2.26. The molecular formula is C18H26ClN3O3. The van der Waals surface area contributed by atoms with Gasteiger partial charge in [0, 0.05) is 38.5 Å². The highest BCUT2D eigenvalue weighted by Crippen LogP contribution is 2.19. The number of nitrogens with zero attached hydrogens (tertiary/aromatic N) is 1. The van der Waals surface area contributed by atoms with Crippen molar-refractivity contribution in [2.24, 2.45) is 0 Å². The Labute approximate surface area is 154 Å². The maximum absolute atomic E-state index is 12.4. The van der Waals surface area contributed by atoms with Crippen molar-refractivity contribution in [1.29, 1.82) is 0 Å². The van der Waals surface area contributed by atoms with Crippen LogP contribution in [-0.4, -0.2) is 55.6 Å². The van der Waals surface area contributed by atoms with E-state index in [0.717, 1.165) is 25.1 Å².